The van der Waals surface area contributed by atoms with Crippen molar-refractivity contribution in [1.29, 1.82) is 0 Å². The Morgan fingerprint density at radius 1 is 1.25 bits per heavy atom. The largest absolute Gasteiger partial charge is 0.314 e. The zero-order chi connectivity index (χ0) is 14.1. The third-order valence-electron chi connectivity index (χ3n) is 5.22. The molecule has 110 valence electrons. The summed E-state index contributed by atoms with van der Waals surface area (Å²) in [6, 6.07) is 6.36. The summed E-state index contributed by atoms with van der Waals surface area (Å²) in [4.78, 5) is 0. The van der Waals surface area contributed by atoms with Gasteiger partial charge in [-0.1, -0.05) is 36.5 Å². The average Bonchev–Trinajstić information content (AvgIpc) is 3.05. The Labute approximate surface area is 132 Å². The highest BCUT2D eigenvalue weighted by Gasteiger charge is 2.42. The third-order valence-corrected chi connectivity index (χ3v) is 5.83. The van der Waals surface area contributed by atoms with Gasteiger partial charge in [0.25, 0.3) is 0 Å². The predicted molar refractivity (Wildman–Crippen MR) is 86.6 cm³/mol. The van der Waals surface area contributed by atoms with Gasteiger partial charge in [-0.25, -0.2) is 0 Å². The van der Waals surface area contributed by atoms with Crippen LogP contribution >= 0.6 is 23.2 Å². The maximum Gasteiger partial charge on any atom is 0.0439 e. The van der Waals surface area contributed by atoms with Crippen molar-refractivity contribution in [3.05, 3.63) is 33.8 Å². The lowest BCUT2D eigenvalue weighted by molar-refractivity contribution is 0.249. The molecule has 1 N–H and O–H groups in total. The number of rotatable bonds is 5. The standard InChI is InChI=1S/C17H23Cl2N/c1-2-20-17(15-8-11-3-4-12(15)7-11)10-13-9-14(18)5-6-16(13)19/h5-6,9,11-12,15,17,20H,2-4,7-8,10H2,1H3. The van der Waals surface area contributed by atoms with Crippen molar-refractivity contribution >= 4 is 23.2 Å². The van der Waals surface area contributed by atoms with Gasteiger partial charge in [0.2, 0.25) is 0 Å². The molecule has 2 fully saturated rings. The number of halogens is 2. The van der Waals surface area contributed by atoms with Crippen molar-refractivity contribution in [3.63, 3.8) is 0 Å². The van der Waals surface area contributed by atoms with Gasteiger partial charge in [0.05, 0.1) is 0 Å². The highest BCUT2D eigenvalue weighted by atomic mass is 35.5. The van der Waals surface area contributed by atoms with Crippen molar-refractivity contribution in [2.75, 3.05) is 6.54 Å². The summed E-state index contributed by atoms with van der Waals surface area (Å²) < 4.78 is 0. The second-order valence-corrected chi connectivity index (χ2v) is 7.29. The van der Waals surface area contributed by atoms with E-state index in [1.54, 1.807) is 0 Å². The SMILES string of the molecule is CCNC(Cc1cc(Cl)ccc1Cl)C1CC2CCC1C2. The molecule has 2 bridgehead atoms. The second kappa shape index (κ2) is 6.25. The van der Waals surface area contributed by atoms with Gasteiger partial charge in [-0.3, -0.25) is 0 Å². The average molecular weight is 312 g/mol. The molecular weight excluding hydrogens is 289 g/mol. The van der Waals surface area contributed by atoms with Gasteiger partial charge in [0.1, 0.15) is 0 Å². The summed E-state index contributed by atoms with van der Waals surface area (Å²) in [5, 5.41) is 5.34. The molecule has 4 atom stereocenters. The fourth-order valence-corrected chi connectivity index (χ4v) is 4.75. The molecule has 4 unspecified atom stereocenters. The third kappa shape index (κ3) is 3.00. The van der Waals surface area contributed by atoms with Crippen molar-refractivity contribution in [3.8, 4) is 0 Å². The van der Waals surface area contributed by atoms with E-state index in [1.807, 2.05) is 18.2 Å². The zero-order valence-corrected chi connectivity index (χ0v) is 13.6. The van der Waals surface area contributed by atoms with Crippen LogP contribution in [0.1, 0.15) is 38.2 Å². The van der Waals surface area contributed by atoms with Crippen LogP contribution in [0.25, 0.3) is 0 Å². The molecule has 2 aliphatic carbocycles. The summed E-state index contributed by atoms with van der Waals surface area (Å²) in [5.41, 5.74) is 1.19. The summed E-state index contributed by atoms with van der Waals surface area (Å²) in [6.07, 6.45) is 6.75. The van der Waals surface area contributed by atoms with E-state index in [9.17, 15) is 0 Å². The lowest BCUT2D eigenvalue weighted by atomic mass is 9.81. The lowest BCUT2D eigenvalue weighted by Gasteiger charge is -2.31. The number of hydrogen-bond donors (Lipinski definition) is 1. The van der Waals surface area contributed by atoms with Crippen LogP contribution in [0.4, 0.5) is 0 Å². The molecule has 1 aromatic rings. The first-order chi connectivity index (χ1) is 9.67. The fourth-order valence-electron chi connectivity index (χ4n) is 4.36. The van der Waals surface area contributed by atoms with E-state index >= 15 is 0 Å². The topological polar surface area (TPSA) is 12.0 Å². The zero-order valence-electron chi connectivity index (χ0n) is 12.0. The van der Waals surface area contributed by atoms with Crippen LogP contribution in [0.15, 0.2) is 18.2 Å². The van der Waals surface area contributed by atoms with Crippen LogP contribution in [0.2, 0.25) is 10.0 Å². The molecule has 0 amide bonds. The van der Waals surface area contributed by atoms with Crippen LogP contribution in [0.5, 0.6) is 0 Å². The Morgan fingerprint density at radius 3 is 2.75 bits per heavy atom. The predicted octanol–water partition coefficient (Wildman–Crippen LogP) is 4.95. The molecule has 3 rings (SSSR count). The van der Waals surface area contributed by atoms with E-state index in [0.29, 0.717) is 6.04 Å². The van der Waals surface area contributed by atoms with Crippen LogP contribution < -0.4 is 5.32 Å². The van der Waals surface area contributed by atoms with Crippen LogP contribution in [-0.2, 0) is 6.42 Å². The molecular formula is C17H23Cl2N. The van der Waals surface area contributed by atoms with Gasteiger partial charge < -0.3 is 5.32 Å². The number of likely N-dealkylation sites (N-methyl/N-ethyl adjacent to an activating group) is 1. The molecule has 3 heteroatoms. The quantitative estimate of drug-likeness (QED) is 0.811. The van der Waals surface area contributed by atoms with Crippen LogP contribution in [0.3, 0.4) is 0 Å². The minimum absolute atomic E-state index is 0.547. The Kier molecular flexibility index (Phi) is 4.59. The number of hydrogen-bond acceptors (Lipinski definition) is 1. The summed E-state index contributed by atoms with van der Waals surface area (Å²) in [5.74, 6) is 2.74. The first-order valence-corrected chi connectivity index (χ1v) is 8.60. The maximum absolute atomic E-state index is 6.34. The highest BCUT2D eigenvalue weighted by Crippen LogP contribution is 2.50. The second-order valence-electron chi connectivity index (χ2n) is 6.44. The Balaban J connectivity index is 1.75. The van der Waals surface area contributed by atoms with Gasteiger partial charge >= 0.3 is 0 Å². The minimum atomic E-state index is 0.547. The van der Waals surface area contributed by atoms with Crippen molar-refractivity contribution in [2.45, 2.75) is 45.1 Å². The molecule has 0 aliphatic heterocycles. The Bertz CT molecular complexity index is 474. The number of fused-ring (bicyclic) bond motifs is 2. The molecule has 0 spiro atoms. The molecule has 0 saturated heterocycles. The van der Waals surface area contributed by atoms with Crippen LogP contribution in [-0.4, -0.2) is 12.6 Å². The normalized spacial score (nSPS) is 29.9. The number of nitrogens with one attached hydrogen (secondary N) is 1. The van der Waals surface area contributed by atoms with Crippen molar-refractivity contribution in [2.24, 2.45) is 17.8 Å². The van der Waals surface area contributed by atoms with Crippen molar-refractivity contribution < 1.29 is 0 Å². The Hall–Kier alpha value is -0.240. The Morgan fingerprint density at radius 2 is 2.10 bits per heavy atom. The maximum atomic E-state index is 6.34. The molecule has 0 aromatic heterocycles. The number of benzene rings is 1. The first kappa shape index (κ1) is 14.7. The smallest absolute Gasteiger partial charge is 0.0439 e. The minimum Gasteiger partial charge on any atom is -0.314 e. The summed E-state index contributed by atoms with van der Waals surface area (Å²) in [6.45, 7) is 3.22. The lowest BCUT2D eigenvalue weighted by Crippen LogP contribution is -2.40. The molecule has 2 saturated carbocycles. The summed E-state index contributed by atoms with van der Waals surface area (Å²) in [7, 11) is 0. The van der Waals surface area contributed by atoms with Gasteiger partial charge in [0.15, 0.2) is 0 Å². The van der Waals surface area contributed by atoms with Gasteiger partial charge in [-0.2, -0.15) is 0 Å². The van der Waals surface area contributed by atoms with E-state index in [0.717, 1.165) is 40.8 Å². The molecule has 2 aliphatic rings. The summed E-state index contributed by atoms with van der Waals surface area (Å²) >= 11 is 12.5. The molecule has 1 nitrogen and oxygen atoms in total. The van der Waals surface area contributed by atoms with Gasteiger partial charge in [-0.05, 0) is 73.7 Å². The monoisotopic (exact) mass is 311 g/mol. The molecule has 0 heterocycles. The van der Waals surface area contributed by atoms with E-state index in [2.05, 4.69) is 12.2 Å². The van der Waals surface area contributed by atoms with Crippen LogP contribution in [0, 0.1) is 17.8 Å². The van der Waals surface area contributed by atoms with E-state index in [4.69, 9.17) is 23.2 Å². The fraction of sp³-hybridized carbons (Fsp3) is 0.647. The molecule has 20 heavy (non-hydrogen) atoms. The highest BCUT2D eigenvalue weighted by molar-refractivity contribution is 6.33. The van der Waals surface area contributed by atoms with Gasteiger partial charge in [0, 0.05) is 16.1 Å². The van der Waals surface area contributed by atoms with E-state index in [-0.39, 0.29) is 0 Å². The van der Waals surface area contributed by atoms with E-state index in [1.165, 1.54) is 31.2 Å². The molecule has 0 radical (unpaired) electrons. The van der Waals surface area contributed by atoms with E-state index < -0.39 is 0 Å². The van der Waals surface area contributed by atoms with Gasteiger partial charge in [-0.15, -0.1) is 0 Å². The first-order valence-electron chi connectivity index (χ1n) is 7.84. The molecule has 1 aromatic carbocycles. The van der Waals surface area contributed by atoms with Crippen molar-refractivity contribution in [1.82, 2.24) is 5.32 Å².